The minimum Gasteiger partial charge on any atom is -0.284 e. The highest BCUT2D eigenvalue weighted by atomic mass is 19.4. The lowest BCUT2D eigenvalue weighted by Crippen LogP contribution is -2.40. The van der Waals surface area contributed by atoms with Crippen LogP contribution in [-0.2, 0) is 24.1 Å². The van der Waals surface area contributed by atoms with E-state index in [2.05, 4.69) is 10.1 Å². The summed E-state index contributed by atoms with van der Waals surface area (Å²) in [4.78, 5) is 28.3. The molecule has 1 aliphatic heterocycles. The maximum absolute atomic E-state index is 13.4. The molecule has 2 aromatic rings. The molecule has 0 aliphatic carbocycles. The number of rotatable bonds is 3. The fourth-order valence-corrected chi connectivity index (χ4v) is 2.63. The first-order valence-electron chi connectivity index (χ1n) is 7.59. The average Bonchev–Trinajstić information content (AvgIpc) is 3.11. The molecule has 0 saturated heterocycles. The van der Waals surface area contributed by atoms with Gasteiger partial charge in [0.2, 0.25) is 11.9 Å². The standard InChI is InChI=1S/C14H9F8N5O2/c1-25-7(28)4-27-10(29)8(9(13(17,18)19)24-11(25)27)6-2-23-26(3-6)5-12(15,16)14(20,21)22/h2-3H,4-5H2,1H3. The molecule has 0 spiro atoms. The van der Waals surface area contributed by atoms with E-state index >= 15 is 0 Å². The quantitative estimate of drug-likeness (QED) is 0.700. The Hall–Kier alpha value is -3.00. The van der Waals surface area contributed by atoms with Crippen molar-refractivity contribution in [3.8, 4) is 11.1 Å². The largest absolute Gasteiger partial charge is 0.455 e. The summed E-state index contributed by atoms with van der Waals surface area (Å²) in [5.74, 6) is -6.50. The predicted molar refractivity (Wildman–Crippen MR) is 79.1 cm³/mol. The predicted octanol–water partition coefficient (Wildman–Crippen LogP) is 2.30. The van der Waals surface area contributed by atoms with Crippen LogP contribution in [0.15, 0.2) is 17.2 Å². The SMILES string of the molecule is CN1C(=O)Cn2c1nc(C(F)(F)F)c(-c1cnn(CC(F)(F)C(F)(F)F)c1)c2=O. The van der Waals surface area contributed by atoms with Crippen molar-refractivity contribution >= 4 is 11.9 Å². The number of fused-ring (bicyclic) bond motifs is 1. The Morgan fingerprint density at radius 1 is 1.07 bits per heavy atom. The zero-order chi connectivity index (χ0) is 21.9. The van der Waals surface area contributed by atoms with Gasteiger partial charge in [0.1, 0.15) is 13.1 Å². The van der Waals surface area contributed by atoms with Crippen LogP contribution in [0.5, 0.6) is 0 Å². The number of amides is 1. The number of carbonyl (C=O) groups excluding carboxylic acids is 1. The highest BCUT2D eigenvalue weighted by Gasteiger charge is 2.57. The highest BCUT2D eigenvalue weighted by molar-refractivity contribution is 5.94. The molecule has 2 aromatic heterocycles. The van der Waals surface area contributed by atoms with Crippen molar-refractivity contribution in [1.29, 1.82) is 0 Å². The number of hydrogen-bond acceptors (Lipinski definition) is 4. The molecule has 0 radical (unpaired) electrons. The molecule has 1 aliphatic rings. The molecule has 29 heavy (non-hydrogen) atoms. The van der Waals surface area contributed by atoms with E-state index in [9.17, 15) is 44.7 Å². The van der Waals surface area contributed by atoms with Crippen LogP contribution < -0.4 is 10.5 Å². The van der Waals surface area contributed by atoms with Gasteiger partial charge in [-0.15, -0.1) is 0 Å². The van der Waals surface area contributed by atoms with Crippen molar-refractivity contribution in [1.82, 2.24) is 19.3 Å². The summed E-state index contributed by atoms with van der Waals surface area (Å²) in [6, 6.07) is 0. The Morgan fingerprint density at radius 2 is 1.69 bits per heavy atom. The Balaban J connectivity index is 2.13. The normalized spacial score (nSPS) is 15.2. The maximum atomic E-state index is 13.4. The van der Waals surface area contributed by atoms with Gasteiger partial charge in [-0.3, -0.25) is 23.7 Å². The van der Waals surface area contributed by atoms with Crippen molar-refractivity contribution in [2.24, 2.45) is 0 Å². The molecular weight excluding hydrogens is 422 g/mol. The molecule has 0 aromatic carbocycles. The van der Waals surface area contributed by atoms with Crippen molar-refractivity contribution in [2.75, 3.05) is 11.9 Å². The van der Waals surface area contributed by atoms with Crippen molar-refractivity contribution < 1.29 is 39.9 Å². The van der Waals surface area contributed by atoms with Gasteiger partial charge in [0, 0.05) is 18.8 Å². The van der Waals surface area contributed by atoms with Gasteiger partial charge >= 0.3 is 18.3 Å². The lowest BCUT2D eigenvalue weighted by atomic mass is 10.1. The molecular formula is C14H9F8N5O2. The molecule has 0 bridgehead atoms. The molecule has 1 amide bonds. The van der Waals surface area contributed by atoms with Crippen molar-refractivity contribution in [3.05, 3.63) is 28.4 Å². The van der Waals surface area contributed by atoms with Crippen LogP contribution in [0.1, 0.15) is 5.69 Å². The second-order valence-corrected chi connectivity index (χ2v) is 6.11. The molecule has 0 atom stereocenters. The zero-order valence-corrected chi connectivity index (χ0v) is 14.1. The van der Waals surface area contributed by atoms with E-state index in [-0.39, 0.29) is 4.68 Å². The van der Waals surface area contributed by atoms with Crippen LogP contribution in [0, 0.1) is 0 Å². The Bertz CT molecular complexity index is 1040. The van der Waals surface area contributed by atoms with E-state index in [0.717, 1.165) is 11.9 Å². The lowest BCUT2D eigenvalue weighted by molar-refractivity contribution is -0.287. The third-order valence-corrected chi connectivity index (χ3v) is 4.08. The highest BCUT2D eigenvalue weighted by Crippen LogP contribution is 2.38. The summed E-state index contributed by atoms with van der Waals surface area (Å²) in [5, 5.41) is 3.20. The number of halogens is 8. The second kappa shape index (κ2) is 6.25. The van der Waals surface area contributed by atoms with Gasteiger partial charge in [-0.2, -0.15) is 40.2 Å². The van der Waals surface area contributed by atoms with Gasteiger partial charge in [0.05, 0.1) is 11.8 Å². The average molecular weight is 431 g/mol. The van der Waals surface area contributed by atoms with Gasteiger partial charge in [-0.05, 0) is 0 Å². The number of aromatic nitrogens is 4. The molecule has 0 unspecified atom stereocenters. The first-order valence-corrected chi connectivity index (χ1v) is 7.59. The number of likely N-dealkylation sites (N-methyl/N-ethyl adjacent to an activating group) is 1. The Labute approximate surface area is 155 Å². The molecule has 3 rings (SSSR count). The van der Waals surface area contributed by atoms with Crippen LogP contribution in [0.3, 0.4) is 0 Å². The molecule has 7 nitrogen and oxygen atoms in total. The monoisotopic (exact) mass is 431 g/mol. The molecule has 158 valence electrons. The van der Waals surface area contributed by atoms with Gasteiger partial charge in [0.25, 0.3) is 5.56 Å². The summed E-state index contributed by atoms with van der Waals surface area (Å²) in [6.07, 6.45) is -10.1. The summed E-state index contributed by atoms with van der Waals surface area (Å²) < 4.78 is 104. The van der Waals surface area contributed by atoms with Crippen LogP contribution >= 0.6 is 0 Å². The van der Waals surface area contributed by atoms with Gasteiger partial charge in [0.15, 0.2) is 5.69 Å². The first kappa shape index (κ1) is 20.7. The number of carbonyl (C=O) groups is 1. The second-order valence-electron chi connectivity index (χ2n) is 6.11. The first-order chi connectivity index (χ1) is 13.1. The fourth-order valence-electron chi connectivity index (χ4n) is 2.63. The fraction of sp³-hybridized carbons (Fsp3) is 0.429. The molecule has 0 fully saturated rings. The third kappa shape index (κ3) is 3.44. The molecule has 3 heterocycles. The number of hydrogen-bond donors (Lipinski definition) is 0. The Morgan fingerprint density at radius 3 is 2.24 bits per heavy atom. The number of anilines is 1. The summed E-state index contributed by atoms with van der Waals surface area (Å²) in [6.45, 7) is -2.61. The Kier molecular flexibility index (Phi) is 4.47. The van der Waals surface area contributed by atoms with Crippen molar-refractivity contribution in [3.63, 3.8) is 0 Å². The van der Waals surface area contributed by atoms with E-state index in [0.29, 0.717) is 17.0 Å². The van der Waals surface area contributed by atoms with Crippen molar-refractivity contribution in [2.45, 2.75) is 31.4 Å². The number of nitrogens with zero attached hydrogens (tertiary/aromatic N) is 5. The van der Waals surface area contributed by atoms with E-state index in [1.807, 2.05) is 0 Å². The van der Waals surface area contributed by atoms with E-state index in [1.165, 1.54) is 0 Å². The zero-order valence-electron chi connectivity index (χ0n) is 14.1. The third-order valence-electron chi connectivity index (χ3n) is 4.08. The molecule has 0 saturated carbocycles. The summed E-state index contributed by atoms with van der Waals surface area (Å²) in [5.41, 5.74) is -4.84. The summed E-state index contributed by atoms with van der Waals surface area (Å²) >= 11 is 0. The minimum absolute atomic E-state index is 0.0671. The number of alkyl halides is 8. The topological polar surface area (TPSA) is 73.0 Å². The maximum Gasteiger partial charge on any atom is 0.455 e. The van der Waals surface area contributed by atoms with Crippen LogP contribution in [-0.4, -0.2) is 44.4 Å². The molecule has 0 N–H and O–H groups in total. The minimum atomic E-state index is -5.91. The van der Waals surface area contributed by atoms with E-state index < -0.39 is 65.6 Å². The van der Waals surface area contributed by atoms with E-state index in [4.69, 9.17) is 0 Å². The molecule has 15 heteroatoms. The van der Waals surface area contributed by atoms with Crippen LogP contribution in [0.2, 0.25) is 0 Å². The van der Waals surface area contributed by atoms with Gasteiger partial charge < -0.3 is 0 Å². The van der Waals surface area contributed by atoms with Crippen LogP contribution in [0.4, 0.5) is 41.1 Å². The lowest BCUT2D eigenvalue weighted by Gasteiger charge is -2.19. The van der Waals surface area contributed by atoms with Gasteiger partial charge in [-0.25, -0.2) is 4.98 Å². The summed E-state index contributed by atoms with van der Waals surface area (Å²) in [7, 11) is 1.10. The van der Waals surface area contributed by atoms with Gasteiger partial charge in [-0.1, -0.05) is 0 Å². The van der Waals surface area contributed by atoms with E-state index in [1.54, 1.807) is 0 Å². The smallest absolute Gasteiger partial charge is 0.284 e. The van der Waals surface area contributed by atoms with Crippen LogP contribution in [0.25, 0.3) is 11.1 Å².